The zero-order chi connectivity index (χ0) is 9.97. The Hall–Kier alpha value is -1.06. The number of epoxide rings is 1. The maximum atomic E-state index is 10.5. The molecule has 1 aromatic carbocycles. The van der Waals surface area contributed by atoms with Gasteiger partial charge in [0, 0.05) is 5.56 Å². The van der Waals surface area contributed by atoms with Crippen LogP contribution < -0.4 is 4.74 Å². The van der Waals surface area contributed by atoms with Gasteiger partial charge in [0.1, 0.15) is 18.5 Å². The Kier molecular flexibility index (Phi) is 2.70. The molecule has 0 bridgehead atoms. The number of carbonyl (C=O) groups excluding carboxylic acids is 1. The largest absolute Gasteiger partial charge is 0.491 e. The van der Waals surface area contributed by atoms with Crippen molar-refractivity contribution in [1.29, 1.82) is 0 Å². The van der Waals surface area contributed by atoms with Gasteiger partial charge in [-0.15, -0.1) is 0 Å². The lowest BCUT2D eigenvalue weighted by Crippen LogP contribution is -2.03. The van der Waals surface area contributed by atoms with E-state index in [1.165, 1.54) is 0 Å². The van der Waals surface area contributed by atoms with Crippen LogP contribution in [0, 0.1) is 0 Å². The number of ether oxygens (including phenoxy) is 2. The van der Waals surface area contributed by atoms with Gasteiger partial charge in [-0.1, -0.05) is 11.6 Å². The van der Waals surface area contributed by atoms with Crippen molar-refractivity contribution in [3.8, 4) is 5.75 Å². The second-order valence-electron chi connectivity index (χ2n) is 3.07. The Morgan fingerprint density at radius 1 is 1.64 bits per heavy atom. The van der Waals surface area contributed by atoms with E-state index in [0.717, 1.165) is 12.9 Å². The van der Waals surface area contributed by atoms with Crippen LogP contribution in [0.1, 0.15) is 10.4 Å². The SMILES string of the molecule is O=Cc1ccc(OCC2CO2)cc1Cl. The van der Waals surface area contributed by atoms with Crippen molar-refractivity contribution in [2.75, 3.05) is 13.2 Å². The summed E-state index contributed by atoms with van der Waals surface area (Å²) in [6, 6.07) is 4.99. The van der Waals surface area contributed by atoms with Crippen molar-refractivity contribution in [3.63, 3.8) is 0 Å². The average molecular weight is 213 g/mol. The molecule has 1 aromatic rings. The lowest BCUT2D eigenvalue weighted by atomic mass is 10.2. The van der Waals surface area contributed by atoms with E-state index in [-0.39, 0.29) is 6.10 Å². The fraction of sp³-hybridized carbons (Fsp3) is 0.300. The summed E-state index contributed by atoms with van der Waals surface area (Å²) in [6.07, 6.45) is 0.940. The Bertz CT molecular complexity index is 347. The van der Waals surface area contributed by atoms with E-state index in [0.29, 0.717) is 22.9 Å². The highest BCUT2D eigenvalue weighted by molar-refractivity contribution is 6.33. The summed E-state index contributed by atoms with van der Waals surface area (Å²) in [4.78, 5) is 10.5. The number of hydrogen-bond donors (Lipinski definition) is 0. The van der Waals surface area contributed by atoms with Crippen LogP contribution in [0.4, 0.5) is 0 Å². The number of carbonyl (C=O) groups is 1. The molecule has 1 aliphatic rings. The Balaban J connectivity index is 2.02. The number of aldehydes is 1. The van der Waals surface area contributed by atoms with Crippen molar-refractivity contribution >= 4 is 17.9 Å². The van der Waals surface area contributed by atoms with Gasteiger partial charge in [0.2, 0.25) is 0 Å². The molecule has 1 unspecified atom stereocenters. The van der Waals surface area contributed by atoms with Crippen LogP contribution >= 0.6 is 11.6 Å². The molecule has 0 spiro atoms. The maximum absolute atomic E-state index is 10.5. The molecule has 0 radical (unpaired) electrons. The second-order valence-corrected chi connectivity index (χ2v) is 3.47. The monoisotopic (exact) mass is 212 g/mol. The Morgan fingerprint density at radius 2 is 2.43 bits per heavy atom. The number of hydrogen-bond acceptors (Lipinski definition) is 3. The fourth-order valence-corrected chi connectivity index (χ4v) is 1.26. The zero-order valence-electron chi connectivity index (χ0n) is 7.40. The minimum Gasteiger partial charge on any atom is -0.491 e. The van der Waals surface area contributed by atoms with Crippen LogP contribution in [-0.2, 0) is 4.74 Å². The number of benzene rings is 1. The first-order chi connectivity index (χ1) is 6.79. The van der Waals surface area contributed by atoms with E-state index < -0.39 is 0 Å². The van der Waals surface area contributed by atoms with Gasteiger partial charge in [-0.05, 0) is 18.2 Å². The molecule has 0 N–H and O–H groups in total. The van der Waals surface area contributed by atoms with Crippen LogP contribution in [0.3, 0.4) is 0 Å². The van der Waals surface area contributed by atoms with Gasteiger partial charge < -0.3 is 9.47 Å². The molecule has 1 aliphatic heterocycles. The molecular weight excluding hydrogens is 204 g/mol. The minimum absolute atomic E-state index is 0.222. The van der Waals surface area contributed by atoms with Crippen molar-refractivity contribution in [2.45, 2.75) is 6.10 Å². The van der Waals surface area contributed by atoms with Crippen LogP contribution in [0.25, 0.3) is 0 Å². The standard InChI is InChI=1S/C10H9ClO3/c11-10-3-8(2-1-7(10)4-12)13-5-9-6-14-9/h1-4,9H,5-6H2. The summed E-state index contributed by atoms with van der Waals surface area (Å²) in [5.41, 5.74) is 0.474. The van der Waals surface area contributed by atoms with Gasteiger partial charge in [-0.2, -0.15) is 0 Å². The Morgan fingerprint density at radius 3 is 3.00 bits per heavy atom. The lowest BCUT2D eigenvalue weighted by Gasteiger charge is -2.04. The van der Waals surface area contributed by atoms with Crippen molar-refractivity contribution in [1.82, 2.24) is 0 Å². The quantitative estimate of drug-likeness (QED) is 0.566. The first-order valence-corrected chi connectivity index (χ1v) is 4.66. The van der Waals surface area contributed by atoms with Gasteiger partial charge in [-0.3, -0.25) is 4.79 Å². The van der Waals surface area contributed by atoms with Crippen LogP contribution in [0.5, 0.6) is 5.75 Å². The van der Waals surface area contributed by atoms with E-state index in [2.05, 4.69) is 0 Å². The summed E-state index contributed by atoms with van der Waals surface area (Å²) in [7, 11) is 0. The lowest BCUT2D eigenvalue weighted by molar-refractivity contribution is 0.112. The van der Waals surface area contributed by atoms with E-state index in [1.807, 2.05) is 0 Å². The van der Waals surface area contributed by atoms with Crippen LogP contribution in [-0.4, -0.2) is 25.6 Å². The predicted octanol–water partition coefficient (Wildman–Crippen LogP) is 1.93. The molecular formula is C10H9ClO3. The molecule has 1 atom stereocenters. The van der Waals surface area contributed by atoms with Crippen LogP contribution in [0.15, 0.2) is 18.2 Å². The molecule has 1 heterocycles. The molecule has 3 nitrogen and oxygen atoms in total. The van der Waals surface area contributed by atoms with Gasteiger partial charge >= 0.3 is 0 Å². The summed E-state index contributed by atoms with van der Waals surface area (Å²) < 4.78 is 10.4. The average Bonchev–Trinajstić information content (AvgIpc) is 2.98. The third-order valence-electron chi connectivity index (χ3n) is 1.94. The highest BCUT2D eigenvalue weighted by Gasteiger charge is 2.23. The molecule has 1 saturated heterocycles. The first-order valence-electron chi connectivity index (χ1n) is 4.29. The fourth-order valence-electron chi connectivity index (χ4n) is 1.05. The topological polar surface area (TPSA) is 38.8 Å². The van der Waals surface area contributed by atoms with Crippen molar-refractivity contribution in [3.05, 3.63) is 28.8 Å². The first kappa shape index (κ1) is 9.49. The highest BCUT2D eigenvalue weighted by Crippen LogP contribution is 2.22. The van der Waals surface area contributed by atoms with Crippen LogP contribution in [0.2, 0.25) is 5.02 Å². The van der Waals surface area contributed by atoms with E-state index in [4.69, 9.17) is 21.1 Å². The molecule has 74 valence electrons. The van der Waals surface area contributed by atoms with E-state index in [1.54, 1.807) is 18.2 Å². The smallest absolute Gasteiger partial charge is 0.151 e. The van der Waals surface area contributed by atoms with Gasteiger partial charge in [0.15, 0.2) is 6.29 Å². The summed E-state index contributed by atoms with van der Waals surface area (Å²) in [5, 5.41) is 0.411. The highest BCUT2D eigenvalue weighted by atomic mass is 35.5. The van der Waals surface area contributed by atoms with E-state index >= 15 is 0 Å². The molecule has 14 heavy (non-hydrogen) atoms. The summed E-state index contributed by atoms with van der Waals surface area (Å²) in [5.74, 6) is 0.663. The van der Waals surface area contributed by atoms with E-state index in [9.17, 15) is 4.79 Å². The minimum atomic E-state index is 0.222. The molecule has 0 saturated carbocycles. The van der Waals surface area contributed by atoms with Gasteiger partial charge in [-0.25, -0.2) is 0 Å². The zero-order valence-corrected chi connectivity index (χ0v) is 8.16. The summed E-state index contributed by atoms with van der Waals surface area (Å²) in [6.45, 7) is 1.30. The predicted molar refractivity (Wildman–Crippen MR) is 52.1 cm³/mol. The van der Waals surface area contributed by atoms with Crippen molar-refractivity contribution < 1.29 is 14.3 Å². The Labute approximate surface area is 86.6 Å². The third-order valence-corrected chi connectivity index (χ3v) is 2.26. The summed E-state index contributed by atoms with van der Waals surface area (Å²) >= 11 is 5.82. The number of halogens is 1. The molecule has 2 rings (SSSR count). The molecule has 4 heteroatoms. The second kappa shape index (κ2) is 3.98. The van der Waals surface area contributed by atoms with Gasteiger partial charge in [0.05, 0.1) is 11.6 Å². The maximum Gasteiger partial charge on any atom is 0.151 e. The molecule has 0 aliphatic carbocycles. The molecule has 0 amide bonds. The molecule has 0 aromatic heterocycles. The molecule has 1 fully saturated rings. The normalized spacial score (nSPS) is 19.1. The van der Waals surface area contributed by atoms with Gasteiger partial charge in [0.25, 0.3) is 0 Å². The number of rotatable bonds is 4. The van der Waals surface area contributed by atoms with Crippen molar-refractivity contribution in [2.24, 2.45) is 0 Å². The third kappa shape index (κ3) is 2.25.